The van der Waals surface area contributed by atoms with Crippen LogP contribution in [-0.2, 0) is 4.79 Å². The topological polar surface area (TPSA) is 74.5 Å². The van der Waals surface area contributed by atoms with Crippen LogP contribution in [0.25, 0.3) is 0 Å². The molecule has 0 bridgehead atoms. The fraction of sp³-hybridized carbons (Fsp3) is 0.167. The van der Waals surface area contributed by atoms with Crippen molar-refractivity contribution < 1.29 is 9.53 Å². The first-order chi connectivity index (χ1) is 11.1. The molecule has 2 aromatic rings. The zero-order chi connectivity index (χ0) is 16.7. The number of ether oxygens (including phenoxy) is 1. The molecular formula is C18H17N3O2. The van der Waals surface area contributed by atoms with Crippen molar-refractivity contribution in [3.05, 3.63) is 65.2 Å². The zero-order valence-corrected chi connectivity index (χ0v) is 13.0. The van der Waals surface area contributed by atoms with Crippen molar-refractivity contribution in [3.8, 4) is 11.8 Å². The number of carbonyl (C=O) groups is 1. The standard InChI is InChI=1S/C18H17N3O2/c1-13-7-3-5-9-16(13)14(2)20-21-18(22)12-23-17-10-6-4-8-15(17)11-19/h3-10H,12H2,1-2H3,(H,21,22)/b20-14-. The van der Waals surface area contributed by atoms with Crippen LogP contribution in [0.3, 0.4) is 0 Å². The maximum atomic E-state index is 11.8. The minimum Gasteiger partial charge on any atom is -0.482 e. The molecule has 0 heterocycles. The number of amides is 1. The highest BCUT2D eigenvalue weighted by molar-refractivity contribution is 6.00. The molecule has 0 saturated carbocycles. The van der Waals surface area contributed by atoms with Gasteiger partial charge in [-0.25, -0.2) is 5.43 Å². The van der Waals surface area contributed by atoms with Crippen LogP contribution in [0.15, 0.2) is 53.6 Å². The van der Waals surface area contributed by atoms with Gasteiger partial charge in [-0.3, -0.25) is 4.79 Å². The van der Waals surface area contributed by atoms with E-state index in [0.717, 1.165) is 11.1 Å². The smallest absolute Gasteiger partial charge is 0.277 e. The van der Waals surface area contributed by atoms with Gasteiger partial charge >= 0.3 is 0 Å². The lowest BCUT2D eigenvalue weighted by Crippen LogP contribution is -2.25. The van der Waals surface area contributed by atoms with Crippen LogP contribution in [0.5, 0.6) is 5.75 Å². The van der Waals surface area contributed by atoms with E-state index in [-0.39, 0.29) is 12.5 Å². The third kappa shape index (κ3) is 4.42. The molecule has 1 amide bonds. The van der Waals surface area contributed by atoms with Crippen LogP contribution in [0.1, 0.15) is 23.6 Å². The average Bonchev–Trinajstić information content (AvgIpc) is 2.58. The molecule has 0 aromatic heterocycles. The summed E-state index contributed by atoms with van der Waals surface area (Å²) in [7, 11) is 0. The molecule has 2 rings (SSSR count). The van der Waals surface area contributed by atoms with Crippen LogP contribution in [0.4, 0.5) is 0 Å². The predicted octanol–water partition coefficient (Wildman–Crippen LogP) is 2.79. The lowest BCUT2D eigenvalue weighted by molar-refractivity contribution is -0.123. The molecule has 0 aliphatic rings. The summed E-state index contributed by atoms with van der Waals surface area (Å²) < 4.78 is 5.35. The quantitative estimate of drug-likeness (QED) is 0.682. The van der Waals surface area contributed by atoms with Gasteiger partial charge in [-0.2, -0.15) is 10.4 Å². The fourth-order valence-corrected chi connectivity index (χ4v) is 2.05. The minimum atomic E-state index is -0.384. The van der Waals surface area contributed by atoms with Gasteiger partial charge < -0.3 is 4.74 Å². The Morgan fingerprint density at radius 3 is 2.65 bits per heavy atom. The molecule has 1 N–H and O–H groups in total. The van der Waals surface area contributed by atoms with Gasteiger partial charge in [-0.1, -0.05) is 36.4 Å². The van der Waals surface area contributed by atoms with Gasteiger partial charge in [-0.15, -0.1) is 0 Å². The molecular weight excluding hydrogens is 290 g/mol. The van der Waals surface area contributed by atoms with Crippen molar-refractivity contribution in [3.63, 3.8) is 0 Å². The van der Waals surface area contributed by atoms with E-state index >= 15 is 0 Å². The molecule has 23 heavy (non-hydrogen) atoms. The second-order valence-electron chi connectivity index (χ2n) is 4.94. The van der Waals surface area contributed by atoms with Crippen LogP contribution in [0, 0.1) is 18.3 Å². The highest BCUT2D eigenvalue weighted by atomic mass is 16.5. The number of nitriles is 1. The van der Waals surface area contributed by atoms with Gasteiger partial charge in [0.15, 0.2) is 6.61 Å². The molecule has 116 valence electrons. The summed E-state index contributed by atoms with van der Waals surface area (Å²) in [5, 5.41) is 13.0. The van der Waals surface area contributed by atoms with Crippen molar-refractivity contribution >= 4 is 11.6 Å². The number of aryl methyl sites for hydroxylation is 1. The molecule has 0 spiro atoms. The van der Waals surface area contributed by atoms with Gasteiger partial charge in [0.2, 0.25) is 0 Å². The normalized spacial score (nSPS) is 10.7. The molecule has 2 aromatic carbocycles. The van der Waals surface area contributed by atoms with E-state index in [4.69, 9.17) is 10.00 Å². The van der Waals surface area contributed by atoms with Crippen LogP contribution < -0.4 is 10.2 Å². The summed E-state index contributed by atoms with van der Waals surface area (Å²) in [6.07, 6.45) is 0. The van der Waals surface area contributed by atoms with E-state index in [9.17, 15) is 4.79 Å². The molecule has 0 aliphatic heterocycles. The van der Waals surface area contributed by atoms with Gasteiger partial charge in [0, 0.05) is 5.56 Å². The van der Waals surface area contributed by atoms with Crippen LogP contribution >= 0.6 is 0 Å². The van der Waals surface area contributed by atoms with Crippen molar-refractivity contribution in [2.24, 2.45) is 5.10 Å². The summed E-state index contributed by atoms with van der Waals surface area (Å²) in [6.45, 7) is 3.61. The van der Waals surface area contributed by atoms with E-state index in [0.29, 0.717) is 17.0 Å². The predicted molar refractivity (Wildman–Crippen MR) is 88.2 cm³/mol. The molecule has 5 nitrogen and oxygen atoms in total. The summed E-state index contributed by atoms with van der Waals surface area (Å²) >= 11 is 0. The third-order valence-corrected chi connectivity index (χ3v) is 3.25. The van der Waals surface area contributed by atoms with Gasteiger partial charge in [0.1, 0.15) is 11.8 Å². The first-order valence-electron chi connectivity index (χ1n) is 7.13. The molecule has 0 aliphatic carbocycles. The maximum Gasteiger partial charge on any atom is 0.277 e. The SMILES string of the molecule is C/C(=N/NC(=O)COc1ccccc1C#N)c1ccccc1C. The number of rotatable bonds is 5. The maximum absolute atomic E-state index is 11.8. The van der Waals surface area contributed by atoms with Crippen molar-refractivity contribution in [2.75, 3.05) is 6.61 Å². The van der Waals surface area contributed by atoms with E-state index in [2.05, 4.69) is 10.5 Å². The van der Waals surface area contributed by atoms with Crippen LogP contribution in [0.2, 0.25) is 0 Å². The number of benzene rings is 2. The highest BCUT2D eigenvalue weighted by Crippen LogP contribution is 2.16. The summed E-state index contributed by atoms with van der Waals surface area (Å²) in [6, 6.07) is 16.6. The molecule has 0 fully saturated rings. The molecule has 0 radical (unpaired) electrons. The second-order valence-corrected chi connectivity index (χ2v) is 4.94. The van der Waals surface area contributed by atoms with E-state index < -0.39 is 0 Å². The Hall–Kier alpha value is -3.13. The minimum absolute atomic E-state index is 0.205. The number of nitrogens with zero attached hydrogens (tertiary/aromatic N) is 2. The monoisotopic (exact) mass is 307 g/mol. The van der Waals surface area contributed by atoms with Gasteiger partial charge in [-0.05, 0) is 31.5 Å². The Morgan fingerprint density at radius 1 is 1.22 bits per heavy atom. The Morgan fingerprint density at radius 2 is 1.91 bits per heavy atom. The number of hydrogen-bond acceptors (Lipinski definition) is 4. The largest absolute Gasteiger partial charge is 0.482 e. The van der Waals surface area contributed by atoms with Crippen molar-refractivity contribution in [2.45, 2.75) is 13.8 Å². The van der Waals surface area contributed by atoms with Crippen LogP contribution in [-0.4, -0.2) is 18.2 Å². The third-order valence-electron chi connectivity index (χ3n) is 3.25. The summed E-state index contributed by atoms with van der Waals surface area (Å²) in [5.74, 6) is -0.00423. The second kappa shape index (κ2) is 7.76. The van der Waals surface area contributed by atoms with E-state index in [1.54, 1.807) is 24.3 Å². The average molecular weight is 307 g/mol. The lowest BCUT2D eigenvalue weighted by Gasteiger charge is -2.08. The molecule has 0 saturated heterocycles. The Kier molecular flexibility index (Phi) is 5.48. The number of hydrazone groups is 1. The first-order valence-corrected chi connectivity index (χ1v) is 7.13. The lowest BCUT2D eigenvalue weighted by atomic mass is 10.1. The molecule has 0 unspecified atom stereocenters. The van der Waals surface area contributed by atoms with Gasteiger partial charge in [0.05, 0.1) is 11.3 Å². The number of nitrogens with one attached hydrogen (secondary N) is 1. The Bertz CT molecular complexity index is 776. The molecule has 0 atom stereocenters. The van der Waals surface area contributed by atoms with E-state index in [1.165, 1.54) is 0 Å². The van der Waals surface area contributed by atoms with Crippen molar-refractivity contribution in [1.29, 1.82) is 5.26 Å². The number of hydrogen-bond donors (Lipinski definition) is 1. The number of carbonyl (C=O) groups excluding carboxylic acids is 1. The Labute approximate surface area is 135 Å². The zero-order valence-electron chi connectivity index (χ0n) is 13.0. The fourth-order valence-electron chi connectivity index (χ4n) is 2.05. The molecule has 5 heteroatoms. The van der Waals surface area contributed by atoms with E-state index in [1.807, 2.05) is 44.2 Å². The summed E-state index contributed by atoms with van der Waals surface area (Å²) in [4.78, 5) is 11.8. The first kappa shape index (κ1) is 16.2. The Balaban J connectivity index is 1.94. The number of para-hydroxylation sites is 1. The van der Waals surface area contributed by atoms with Crippen molar-refractivity contribution in [1.82, 2.24) is 5.43 Å². The van der Waals surface area contributed by atoms with Gasteiger partial charge in [0.25, 0.3) is 5.91 Å². The highest BCUT2D eigenvalue weighted by Gasteiger charge is 2.06. The summed E-state index contributed by atoms with van der Waals surface area (Å²) in [5.41, 5.74) is 5.62.